The molecule has 0 aliphatic heterocycles. The molecule has 2 N–H and O–H groups in total. The zero-order valence-electron chi connectivity index (χ0n) is 9.09. The van der Waals surface area contributed by atoms with Gasteiger partial charge in [-0.05, 0) is 61.8 Å². The minimum Gasteiger partial charge on any atom is -0.330 e. The molecule has 0 aromatic heterocycles. The first-order valence-corrected chi connectivity index (χ1v) is 5.50. The largest absolute Gasteiger partial charge is 0.330 e. The van der Waals surface area contributed by atoms with Gasteiger partial charge in [-0.3, -0.25) is 0 Å². The predicted molar refractivity (Wildman–Crippen MR) is 60.4 cm³/mol. The quantitative estimate of drug-likeness (QED) is 0.777. The maximum atomic E-state index is 5.86. The molecule has 0 amide bonds. The molecule has 0 heterocycles. The van der Waals surface area contributed by atoms with E-state index in [0.29, 0.717) is 5.92 Å². The average Bonchev–Trinajstić information content (AvgIpc) is 2.97. The van der Waals surface area contributed by atoms with E-state index in [1.165, 1.54) is 29.5 Å². The van der Waals surface area contributed by atoms with E-state index in [-0.39, 0.29) is 0 Å². The van der Waals surface area contributed by atoms with Crippen LogP contribution in [-0.4, -0.2) is 6.54 Å². The van der Waals surface area contributed by atoms with Gasteiger partial charge in [0.15, 0.2) is 0 Å². The Morgan fingerprint density at radius 2 is 2.07 bits per heavy atom. The molecule has 1 aromatic rings. The summed E-state index contributed by atoms with van der Waals surface area (Å²) in [6, 6.07) is 6.58. The molecule has 0 radical (unpaired) electrons. The van der Waals surface area contributed by atoms with Crippen molar-refractivity contribution in [2.45, 2.75) is 32.6 Å². The maximum Gasteiger partial charge on any atom is -0.000546 e. The summed E-state index contributed by atoms with van der Waals surface area (Å²) in [5.74, 6) is 1.47. The number of nitrogens with two attached hydrogens (primary N) is 1. The Balaban J connectivity index is 2.33. The molecule has 1 fully saturated rings. The van der Waals surface area contributed by atoms with E-state index >= 15 is 0 Å². The van der Waals surface area contributed by atoms with Crippen molar-refractivity contribution in [3.63, 3.8) is 0 Å². The number of hydrogen-bond donors (Lipinski definition) is 1. The summed E-state index contributed by atoms with van der Waals surface area (Å²) in [5, 5.41) is 0. The topological polar surface area (TPSA) is 26.0 Å². The SMILES string of the molecule is Cc1cccc(C(CN)C2CC2)c1C. The average molecular weight is 189 g/mol. The third-order valence-corrected chi connectivity index (χ3v) is 3.49. The van der Waals surface area contributed by atoms with E-state index in [0.717, 1.165) is 12.5 Å². The van der Waals surface area contributed by atoms with Crippen molar-refractivity contribution in [1.82, 2.24) is 0 Å². The molecule has 14 heavy (non-hydrogen) atoms. The predicted octanol–water partition coefficient (Wildman–Crippen LogP) is 2.76. The molecule has 1 heteroatoms. The minimum absolute atomic E-state index is 0.606. The van der Waals surface area contributed by atoms with Crippen LogP contribution in [0.4, 0.5) is 0 Å². The summed E-state index contributed by atoms with van der Waals surface area (Å²) in [5.41, 5.74) is 10.2. The van der Waals surface area contributed by atoms with Crippen LogP contribution in [0.3, 0.4) is 0 Å². The Labute approximate surface area is 86.3 Å². The molecule has 0 bridgehead atoms. The van der Waals surface area contributed by atoms with Crippen LogP contribution in [-0.2, 0) is 0 Å². The summed E-state index contributed by atoms with van der Waals surface area (Å²) in [6.07, 6.45) is 2.74. The highest BCUT2D eigenvalue weighted by Crippen LogP contribution is 2.43. The summed E-state index contributed by atoms with van der Waals surface area (Å²) in [6.45, 7) is 5.20. The van der Waals surface area contributed by atoms with Crippen molar-refractivity contribution in [2.75, 3.05) is 6.54 Å². The standard InChI is InChI=1S/C13H19N/c1-9-4-3-5-12(10(9)2)13(8-14)11-6-7-11/h3-5,11,13H,6-8,14H2,1-2H3. The zero-order valence-corrected chi connectivity index (χ0v) is 9.09. The lowest BCUT2D eigenvalue weighted by molar-refractivity contribution is 0.612. The Hall–Kier alpha value is -0.820. The van der Waals surface area contributed by atoms with Crippen LogP contribution in [0.25, 0.3) is 0 Å². The van der Waals surface area contributed by atoms with Gasteiger partial charge >= 0.3 is 0 Å². The van der Waals surface area contributed by atoms with Gasteiger partial charge in [-0.25, -0.2) is 0 Å². The molecule has 1 unspecified atom stereocenters. The first-order valence-electron chi connectivity index (χ1n) is 5.50. The highest BCUT2D eigenvalue weighted by molar-refractivity contribution is 5.36. The summed E-state index contributed by atoms with van der Waals surface area (Å²) >= 11 is 0. The van der Waals surface area contributed by atoms with Gasteiger partial charge in [0.1, 0.15) is 0 Å². The normalized spacial score (nSPS) is 18.2. The minimum atomic E-state index is 0.606. The lowest BCUT2D eigenvalue weighted by Gasteiger charge is -2.18. The summed E-state index contributed by atoms with van der Waals surface area (Å²) in [7, 11) is 0. The first kappa shape index (κ1) is 9.72. The highest BCUT2D eigenvalue weighted by atomic mass is 14.6. The van der Waals surface area contributed by atoms with Crippen molar-refractivity contribution >= 4 is 0 Å². The third kappa shape index (κ3) is 1.69. The van der Waals surface area contributed by atoms with E-state index in [1.54, 1.807) is 0 Å². The molecule has 1 aliphatic carbocycles. The Bertz CT molecular complexity index is 326. The van der Waals surface area contributed by atoms with E-state index in [4.69, 9.17) is 5.73 Å². The van der Waals surface area contributed by atoms with Crippen LogP contribution in [0.15, 0.2) is 18.2 Å². The molecule has 1 atom stereocenters. The molecule has 1 nitrogen and oxygen atoms in total. The molecule has 0 spiro atoms. The van der Waals surface area contributed by atoms with Gasteiger partial charge in [0, 0.05) is 0 Å². The Morgan fingerprint density at radius 3 is 2.64 bits per heavy atom. The second kappa shape index (κ2) is 3.74. The number of hydrogen-bond acceptors (Lipinski definition) is 1. The maximum absolute atomic E-state index is 5.86. The van der Waals surface area contributed by atoms with Gasteiger partial charge < -0.3 is 5.73 Å². The third-order valence-electron chi connectivity index (χ3n) is 3.49. The van der Waals surface area contributed by atoms with Crippen LogP contribution in [0.2, 0.25) is 0 Å². The van der Waals surface area contributed by atoms with E-state index < -0.39 is 0 Å². The highest BCUT2D eigenvalue weighted by Gasteiger charge is 2.31. The van der Waals surface area contributed by atoms with Crippen molar-refractivity contribution in [1.29, 1.82) is 0 Å². The second-order valence-corrected chi connectivity index (χ2v) is 4.47. The number of rotatable bonds is 3. The van der Waals surface area contributed by atoms with E-state index in [9.17, 15) is 0 Å². The molecular formula is C13H19N. The lowest BCUT2D eigenvalue weighted by atomic mass is 9.89. The lowest BCUT2D eigenvalue weighted by Crippen LogP contribution is -2.15. The molecule has 2 rings (SSSR count). The molecular weight excluding hydrogens is 170 g/mol. The second-order valence-electron chi connectivity index (χ2n) is 4.47. The molecule has 1 aromatic carbocycles. The monoisotopic (exact) mass is 189 g/mol. The first-order chi connectivity index (χ1) is 6.74. The molecule has 76 valence electrons. The van der Waals surface area contributed by atoms with E-state index in [1.807, 2.05) is 0 Å². The fourth-order valence-electron chi connectivity index (χ4n) is 2.25. The van der Waals surface area contributed by atoms with Crippen LogP contribution in [0, 0.1) is 19.8 Å². The van der Waals surface area contributed by atoms with Crippen molar-refractivity contribution < 1.29 is 0 Å². The van der Waals surface area contributed by atoms with Crippen LogP contribution < -0.4 is 5.73 Å². The summed E-state index contributed by atoms with van der Waals surface area (Å²) < 4.78 is 0. The number of benzene rings is 1. The molecule has 0 saturated heterocycles. The Kier molecular flexibility index (Phi) is 2.60. The fraction of sp³-hybridized carbons (Fsp3) is 0.538. The smallest absolute Gasteiger partial charge is 0.000546 e. The van der Waals surface area contributed by atoms with Gasteiger partial charge in [0.05, 0.1) is 0 Å². The van der Waals surface area contributed by atoms with Gasteiger partial charge in [0.2, 0.25) is 0 Å². The van der Waals surface area contributed by atoms with Crippen molar-refractivity contribution in [3.05, 3.63) is 34.9 Å². The molecule has 1 aliphatic rings. The van der Waals surface area contributed by atoms with Gasteiger partial charge in [-0.2, -0.15) is 0 Å². The zero-order chi connectivity index (χ0) is 10.1. The van der Waals surface area contributed by atoms with Gasteiger partial charge in [0.25, 0.3) is 0 Å². The van der Waals surface area contributed by atoms with Crippen molar-refractivity contribution in [3.8, 4) is 0 Å². The van der Waals surface area contributed by atoms with Crippen LogP contribution in [0.1, 0.15) is 35.4 Å². The van der Waals surface area contributed by atoms with Crippen LogP contribution in [0.5, 0.6) is 0 Å². The van der Waals surface area contributed by atoms with E-state index in [2.05, 4.69) is 32.0 Å². The van der Waals surface area contributed by atoms with Crippen molar-refractivity contribution in [2.24, 2.45) is 11.7 Å². The fourth-order valence-corrected chi connectivity index (χ4v) is 2.25. The van der Waals surface area contributed by atoms with Gasteiger partial charge in [-0.1, -0.05) is 18.2 Å². The summed E-state index contributed by atoms with van der Waals surface area (Å²) in [4.78, 5) is 0. The van der Waals surface area contributed by atoms with Gasteiger partial charge in [-0.15, -0.1) is 0 Å². The number of aryl methyl sites for hydroxylation is 1. The Morgan fingerprint density at radius 1 is 1.36 bits per heavy atom. The van der Waals surface area contributed by atoms with Crippen LogP contribution >= 0.6 is 0 Å². The molecule has 1 saturated carbocycles.